The van der Waals surface area contributed by atoms with Crippen LogP contribution in [0.5, 0.6) is 0 Å². The number of rotatable bonds is 3. The van der Waals surface area contributed by atoms with Gasteiger partial charge in [0.15, 0.2) is 0 Å². The Hall–Kier alpha value is -1.61. The molecule has 3 nitrogen and oxygen atoms in total. The first kappa shape index (κ1) is 15.3. The molecule has 2 heterocycles. The van der Waals surface area contributed by atoms with E-state index < -0.39 is 0 Å². The molecule has 0 bridgehead atoms. The monoisotopic (exact) mass is 298 g/mol. The van der Waals surface area contributed by atoms with Gasteiger partial charge in [0.25, 0.3) is 5.56 Å². The zero-order valence-electron chi connectivity index (χ0n) is 14.0. The Balaban J connectivity index is 1.99. The molecule has 1 aromatic heterocycles. The number of aryl methyl sites for hydroxylation is 3. The average Bonchev–Trinajstić information content (AvgIpc) is 2.48. The molecule has 0 amide bonds. The SMILES string of the molecule is Cc1cc(C)c2c(c1)c(C)cc(=O)n2CCN1CCCCC1. The summed E-state index contributed by atoms with van der Waals surface area (Å²) in [4.78, 5) is 15.0. The molecule has 3 heteroatoms. The first-order valence-corrected chi connectivity index (χ1v) is 8.40. The minimum atomic E-state index is 0.133. The van der Waals surface area contributed by atoms with Crippen LogP contribution in [0.4, 0.5) is 0 Å². The van der Waals surface area contributed by atoms with Crippen LogP contribution in [-0.2, 0) is 6.54 Å². The predicted molar refractivity (Wildman–Crippen MR) is 92.7 cm³/mol. The van der Waals surface area contributed by atoms with E-state index in [0.717, 1.165) is 24.2 Å². The van der Waals surface area contributed by atoms with Crippen LogP contribution in [0.25, 0.3) is 10.9 Å². The molecule has 1 fully saturated rings. The van der Waals surface area contributed by atoms with Crippen LogP contribution < -0.4 is 5.56 Å². The highest BCUT2D eigenvalue weighted by atomic mass is 16.1. The fourth-order valence-electron chi connectivity index (χ4n) is 3.72. The third kappa shape index (κ3) is 2.95. The molecule has 0 unspecified atom stereocenters. The van der Waals surface area contributed by atoms with Crippen molar-refractivity contribution < 1.29 is 0 Å². The quantitative estimate of drug-likeness (QED) is 0.867. The van der Waals surface area contributed by atoms with E-state index in [2.05, 4.69) is 30.9 Å². The van der Waals surface area contributed by atoms with E-state index in [-0.39, 0.29) is 5.56 Å². The van der Waals surface area contributed by atoms with Gasteiger partial charge in [-0.15, -0.1) is 0 Å². The van der Waals surface area contributed by atoms with Crippen molar-refractivity contribution >= 4 is 10.9 Å². The highest BCUT2D eigenvalue weighted by Crippen LogP contribution is 2.22. The molecule has 3 rings (SSSR count). The zero-order valence-corrected chi connectivity index (χ0v) is 14.0. The molecule has 0 atom stereocenters. The van der Waals surface area contributed by atoms with Gasteiger partial charge in [0, 0.05) is 24.5 Å². The molecule has 1 aliphatic rings. The predicted octanol–water partition coefficient (Wildman–Crippen LogP) is 3.41. The number of benzene rings is 1. The van der Waals surface area contributed by atoms with E-state index >= 15 is 0 Å². The number of piperidine rings is 1. The van der Waals surface area contributed by atoms with E-state index in [0.29, 0.717) is 0 Å². The summed E-state index contributed by atoms with van der Waals surface area (Å²) < 4.78 is 1.98. The lowest BCUT2D eigenvalue weighted by molar-refractivity contribution is 0.221. The molecule has 1 aliphatic heterocycles. The molecule has 0 spiro atoms. The van der Waals surface area contributed by atoms with E-state index in [1.54, 1.807) is 6.07 Å². The van der Waals surface area contributed by atoms with Crippen molar-refractivity contribution in [2.24, 2.45) is 0 Å². The van der Waals surface area contributed by atoms with Gasteiger partial charge in [-0.1, -0.05) is 18.1 Å². The largest absolute Gasteiger partial charge is 0.307 e. The fourth-order valence-corrected chi connectivity index (χ4v) is 3.72. The molecule has 0 N–H and O–H groups in total. The second kappa shape index (κ2) is 6.25. The lowest BCUT2D eigenvalue weighted by Crippen LogP contribution is -2.34. The van der Waals surface area contributed by atoms with Crippen LogP contribution in [0.3, 0.4) is 0 Å². The highest BCUT2D eigenvalue weighted by Gasteiger charge is 2.13. The molecule has 0 saturated carbocycles. The van der Waals surface area contributed by atoms with Gasteiger partial charge in [-0.2, -0.15) is 0 Å². The zero-order chi connectivity index (χ0) is 15.7. The number of hydrogen-bond donors (Lipinski definition) is 0. The van der Waals surface area contributed by atoms with Gasteiger partial charge in [-0.05, 0) is 63.9 Å². The molecular formula is C19H26N2O. The number of aromatic nitrogens is 1. The topological polar surface area (TPSA) is 25.2 Å². The average molecular weight is 298 g/mol. The summed E-state index contributed by atoms with van der Waals surface area (Å²) in [6, 6.07) is 6.17. The van der Waals surface area contributed by atoms with Crippen molar-refractivity contribution in [3.05, 3.63) is 45.2 Å². The lowest BCUT2D eigenvalue weighted by Gasteiger charge is -2.27. The summed E-state index contributed by atoms with van der Waals surface area (Å²) in [6.07, 6.45) is 3.94. The van der Waals surface area contributed by atoms with Crippen molar-refractivity contribution in [1.29, 1.82) is 0 Å². The van der Waals surface area contributed by atoms with E-state index in [1.807, 2.05) is 11.5 Å². The van der Waals surface area contributed by atoms with Crippen LogP contribution in [-0.4, -0.2) is 29.1 Å². The van der Waals surface area contributed by atoms with Crippen LogP contribution >= 0.6 is 0 Å². The summed E-state index contributed by atoms with van der Waals surface area (Å²) in [5.74, 6) is 0. The van der Waals surface area contributed by atoms with Gasteiger partial charge in [0.1, 0.15) is 0 Å². The smallest absolute Gasteiger partial charge is 0.251 e. The van der Waals surface area contributed by atoms with Gasteiger partial charge >= 0.3 is 0 Å². The third-order valence-corrected chi connectivity index (χ3v) is 4.83. The maximum absolute atomic E-state index is 12.5. The van der Waals surface area contributed by atoms with Crippen molar-refractivity contribution in [3.8, 4) is 0 Å². The van der Waals surface area contributed by atoms with Crippen LogP contribution in [0.1, 0.15) is 36.0 Å². The second-order valence-electron chi connectivity index (χ2n) is 6.70. The normalized spacial score (nSPS) is 16.3. The Labute approximate surface area is 132 Å². The molecule has 22 heavy (non-hydrogen) atoms. The highest BCUT2D eigenvalue weighted by molar-refractivity contribution is 5.86. The van der Waals surface area contributed by atoms with E-state index in [4.69, 9.17) is 0 Å². The minimum Gasteiger partial charge on any atom is -0.307 e. The molecule has 2 aromatic rings. The van der Waals surface area contributed by atoms with E-state index in [1.165, 1.54) is 48.9 Å². The minimum absolute atomic E-state index is 0.133. The number of fused-ring (bicyclic) bond motifs is 1. The van der Waals surface area contributed by atoms with Crippen LogP contribution in [0.15, 0.2) is 23.0 Å². The summed E-state index contributed by atoms with van der Waals surface area (Å²) in [7, 11) is 0. The Bertz CT molecular complexity index is 739. The summed E-state index contributed by atoms with van der Waals surface area (Å²) in [5.41, 5.74) is 4.80. The molecular weight excluding hydrogens is 272 g/mol. The molecule has 1 aromatic carbocycles. The van der Waals surface area contributed by atoms with Crippen molar-refractivity contribution in [3.63, 3.8) is 0 Å². The molecule has 0 aliphatic carbocycles. The van der Waals surface area contributed by atoms with E-state index in [9.17, 15) is 4.79 Å². The summed E-state index contributed by atoms with van der Waals surface area (Å²) >= 11 is 0. The van der Waals surface area contributed by atoms with Gasteiger partial charge in [-0.25, -0.2) is 0 Å². The number of likely N-dealkylation sites (tertiary alicyclic amines) is 1. The maximum Gasteiger partial charge on any atom is 0.251 e. The third-order valence-electron chi connectivity index (χ3n) is 4.83. The van der Waals surface area contributed by atoms with Crippen LogP contribution in [0.2, 0.25) is 0 Å². The van der Waals surface area contributed by atoms with Gasteiger partial charge < -0.3 is 9.47 Å². The second-order valence-corrected chi connectivity index (χ2v) is 6.70. The number of nitrogens with zero attached hydrogens (tertiary/aromatic N) is 2. The standard InChI is InChI=1S/C19H26N2O/c1-14-11-16(3)19-17(12-14)15(2)13-18(22)21(19)10-9-20-7-5-4-6-8-20/h11-13H,4-10H2,1-3H3. The van der Waals surface area contributed by atoms with Crippen molar-refractivity contribution in [1.82, 2.24) is 9.47 Å². The number of pyridine rings is 1. The Morgan fingerprint density at radius 3 is 2.36 bits per heavy atom. The van der Waals surface area contributed by atoms with Crippen molar-refractivity contribution in [2.75, 3.05) is 19.6 Å². The number of hydrogen-bond acceptors (Lipinski definition) is 2. The van der Waals surface area contributed by atoms with Crippen molar-refractivity contribution in [2.45, 2.75) is 46.6 Å². The summed E-state index contributed by atoms with van der Waals surface area (Å²) in [6.45, 7) is 10.4. The summed E-state index contributed by atoms with van der Waals surface area (Å²) in [5, 5.41) is 1.22. The Morgan fingerprint density at radius 1 is 0.909 bits per heavy atom. The molecule has 1 saturated heterocycles. The first-order valence-electron chi connectivity index (χ1n) is 8.40. The first-order chi connectivity index (χ1) is 10.6. The molecule has 0 radical (unpaired) electrons. The van der Waals surface area contributed by atoms with Gasteiger partial charge in [0.05, 0.1) is 5.52 Å². The Morgan fingerprint density at radius 2 is 1.64 bits per heavy atom. The maximum atomic E-state index is 12.5. The lowest BCUT2D eigenvalue weighted by atomic mass is 10.0. The Kier molecular flexibility index (Phi) is 4.34. The fraction of sp³-hybridized carbons (Fsp3) is 0.526. The molecule has 118 valence electrons. The van der Waals surface area contributed by atoms with Gasteiger partial charge in [-0.3, -0.25) is 4.79 Å². The van der Waals surface area contributed by atoms with Crippen LogP contribution in [0, 0.1) is 20.8 Å². The van der Waals surface area contributed by atoms with Gasteiger partial charge in [0.2, 0.25) is 0 Å².